The summed E-state index contributed by atoms with van der Waals surface area (Å²) in [5.74, 6) is 0. The van der Waals surface area contributed by atoms with Crippen LogP contribution in [0, 0.1) is 11.8 Å². The van der Waals surface area contributed by atoms with E-state index in [-0.39, 0.29) is 132 Å². The first-order valence-electron chi connectivity index (χ1n) is 0.836. The summed E-state index contributed by atoms with van der Waals surface area (Å²) in [6, 6.07) is 0. The molecule has 0 saturated carbocycles. The van der Waals surface area contributed by atoms with Crippen LogP contribution in [0.25, 0.3) is 0 Å². The first-order chi connectivity index (χ1) is 2.73. The van der Waals surface area contributed by atoms with Crippen molar-refractivity contribution < 1.29 is 147 Å². The van der Waals surface area contributed by atoms with Gasteiger partial charge in [0.25, 0.3) is 0 Å². The Morgan fingerprint density at radius 3 is 1.22 bits per heavy atom. The third kappa shape index (κ3) is 97.9. The smallest absolute Gasteiger partial charge is 0.652 e. The van der Waals surface area contributed by atoms with Gasteiger partial charge >= 0.3 is 132 Å². The number of carboxylic acid groups (broad SMARTS) is 2. The Morgan fingerprint density at radius 2 is 1.22 bits per heavy atom. The Kier molecular flexibility index (Phi) is 100. The van der Waals surface area contributed by atoms with Crippen LogP contribution in [-0.2, 0) is 0 Å². The number of rotatable bonds is 0. The van der Waals surface area contributed by atoms with Crippen LogP contribution in [0.2, 0.25) is 0 Å². The minimum absolute atomic E-state index is 0. The van der Waals surface area contributed by atoms with Gasteiger partial charge in [-0.25, -0.2) is 0 Å². The summed E-state index contributed by atoms with van der Waals surface area (Å²) in [4.78, 5) is 8.33. The van der Waals surface area contributed by atoms with Crippen LogP contribution in [0.3, 0.4) is 0 Å². The topological polar surface area (TPSA) is 87.0 Å². The average Bonchev–Trinajstić information content (AvgIpc) is 1.41. The molecule has 0 aliphatic rings. The van der Waals surface area contributed by atoms with Gasteiger partial charge < -0.3 is 26.8 Å². The van der Waals surface area contributed by atoms with Gasteiger partial charge in [0.15, 0.2) is 0 Å². The van der Waals surface area contributed by atoms with Gasteiger partial charge in [-0.2, -0.15) is 0 Å². The quantitative estimate of drug-likeness (QED) is 0.278. The summed E-state index contributed by atoms with van der Waals surface area (Å²) < 4.78 is 0. The minimum Gasteiger partial charge on any atom is -0.652 e. The maximum atomic E-state index is 8.33. The Hall–Kier alpha value is 3.03. The van der Waals surface area contributed by atoms with Gasteiger partial charge in [0.2, 0.25) is 0 Å². The van der Waals surface area contributed by atoms with Gasteiger partial charge in [0, 0.05) is 0 Å². The van der Waals surface area contributed by atoms with Crippen LogP contribution in [0.15, 0.2) is 0 Å². The Bertz CT molecular complexity index is 64.1. The molecular formula is C2K2NNaO3. The maximum Gasteiger partial charge on any atom is 1.00 e. The van der Waals surface area contributed by atoms with E-state index in [2.05, 4.69) is 0 Å². The number of nitrogens with zero attached hydrogens (tertiary/aromatic N) is 1. The monoisotopic (exact) mass is 187 g/mol. The summed E-state index contributed by atoms with van der Waals surface area (Å²) in [6.45, 7) is 4.75. The van der Waals surface area contributed by atoms with Crippen LogP contribution < -0.4 is 143 Å². The van der Waals surface area contributed by atoms with Crippen molar-refractivity contribution in [1.82, 2.24) is 0 Å². The van der Waals surface area contributed by atoms with E-state index >= 15 is 0 Å². The molecule has 0 rings (SSSR count). The van der Waals surface area contributed by atoms with Gasteiger partial charge in [-0.05, 0) is 6.16 Å². The zero-order valence-electron chi connectivity index (χ0n) is 5.67. The van der Waals surface area contributed by atoms with Crippen LogP contribution in [-0.4, -0.2) is 6.16 Å². The van der Waals surface area contributed by atoms with Crippen molar-refractivity contribution in [1.29, 1.82) is 5.26 Å². The molecule has 0 aliphatic heterocycles. The van der Waals surface area contributed by atoms with Crippen LogP contribution in [0.1, 0.15) is 0 Å². The zero-order chi connectivity index (χ0) is 5.58. The summed E-state index contributed by atoms with van der Waals surface area (Å²) in [6.07, 6.45) is -2.33. The van der Waals surface area contributed by atoms with E-state index in [1.807, 2.05) is 0 Å². The molecule has 0 aliphatic carbocycles. The molecule has 9 heavy (non-hydrogen) atoms. The second-order valence-corrected chi connectivity index (χ2v) is 0.250. The second-order valence-electron chi connectivity index (χ2n) is 0.250. The predicted octanol–water partition coefficient (Wildman–Crippen LogP) is -11.3. The van der Waals surface area contributed by atoms with Gasteiger partial charge in [-0.15, -0.1) is 0 Å². The van der Waals surface area contributed by atoms with Crippen molar-refractivity contribution in [2.24, 2.45) is 0 Å². The fourth-order valence-electron chi connectivity index (χ4n) is 0. The summed E-state index contributed by atoms with van der Waals surface area (Å²) in [5.41, 5.74) is 0. The molecule has 0 N–H and O–H groups in total. The normalized spacial score (nSPS) is 2.89. The Labute approximate surface area is 161 Å². The summed E-state index contributed by atoms with van der Waals surface area (Å²) in [5, 5.41) is 22.9. The van der Waals surface area contributed by atoms with Crippen molar-refractivity contribution in [3.8, 4) is 0 Å². The second kappa shape index (κ2) is 30.5. The van der Waals surface area contributed by atoms with Gasteiger partial charge in [0.1, 0.15) is 0 Å². The average molecular weight is 187 g/mol. The largest absolute Gasteiger partial charge is 1.00 e. The van der Waals surface area contributed by atoms with Gasteiger partial charge in [-0.3, -0.25) is 0 Å². The molecule has 0 spiro atoms. The SMILES string of the molecule is O=C([O-])[O-].[C-]#N.[K+].[K+].[Na+]. The molecule has 0 bridgehead atoms. The standard InChI is InChI=1S/CN.CH2O3.2K.Na/c1-2;2-1(3)4;;;/h;(H2,2,3,4);;;/q-1;;3*+1/p-2. The van der Waals surface area contributed by atoms with Crippen molar-refractivity contribution in [2.75, 3.05) is 0 Å². The minimum atomic E-state index is -2.33. The van der Waals surface area contributed by atoms with Crippen LogP contribution in [0.4, 0.5) is 4.79 Å². The summed E-state index contributed by atoms with van der Waals surface area (Å²) in [7, 11) is 0. The fraction of sp³-hybridized carbons (Fsp3) is 0. The number of carbonyl (C=O) groups is 1. The van der Waals surface area contributed by atoms with E-state index in [4.69, 9.17) is 26.8 Å². The first-order valence-corrected chi connectivity index (χ1v) is 0.836. The first kappa shape index (κ1) is 29.6. The maximum absolute atomic E-state index is 8.33. The van der Waals surface area contributed by atoms with Gasteiger partial charge in [-0.1, -0.05) is 0 Å². The third-order valence-corrected chi connectivity index (χ3v) is 0. The van der Waals surface area contributed by atoms with Crippen molar-refractivity contribution in [3.63, 3.8) is 0 Å². The molecule has 0 amide bonds. The predicted molar refractivity (Wildman–Crippen MR) is 10.4 cm³/mol. The van der Waals surface area contributed by atoms with Crippen molar-refractivity contribution >= 4 is 6.16 Å². The van der Waals surface area contributed by atoms with Crippen molar-refractivity contribution in [3.05, 3.63) is 6.57 Å². The van der Waals surface area contributed by atoms with Crippen LogP contribution in [0.5, 0.6) is 0 Å². The third-order valence-electron chi connectivity index (χ3n) is 0. The van der Waals surface area contributed by atoms with Crippen LogP contribution >= 0.6 is 0 Å². The Balaban J connectivity index is -0.00000000990. The molecule has 0 aromatic heterocycles. The molecule has 4 nitrogen and oxygen atoms in total. The molecule has 0 fully saturated rings. The van der Waals surface area contributed by atoms with E-state index in [1.54, 1.807) is 0 Å². The Morgan fingerprint density at radius 1 is 1.22 bits per heavy atom. The summed E-state index contributed by atoms with van der Waals surface area (Å²) >= 11 is 0. The molecule has 0 atom stereocenters. The van der Waals surface area contributed by atoms with E-state index in [0.717, 1.165) is 0 Å². The van der Waals surface area contributed by atoms with E-state index < -0.39 is 6.16 Å². The van der Waals surface area contributed by atoms with E-state index in [0.29, 0.717) is 0 Å². The van der Waals surface area contributed by atoms with E-state index in [1.165, 1.54) is 0 Å². The number of carbonyl (C=O) groups excluding carboxylic acids is 1. The van der Waals surface area contributed by atoms with E-state index in [9.17, 15) is 0 Å². The zero-order valence-corrected chi connectivity index (χ0v) is 13.9. The molecule has 0 unspecified atom stereocenters. The molecule has 7 heteroatoms. The molecule has 0 aromatic carbocycles. The van der Waals surface area contributed by atoms with Gasteiger partial charge in [0.05, 0.1) is 0 Å². The molecular weight excluding hydrogens is 187 g/mol. The fourth-order valence-corrected chi connectivity index (χ4v) is 0. The molecule has 0 saturated heterocycles. The molecule has 34 valence electrons. The molecule has 0 aromatic rings. The number of hydrogen-bond acceptors (Lipinski definition) is 4. The van der Waals surface area contributed by atoms with Crippen molar-refractivity contribution in [2.45, 2.75) is 0 Å². The molecule has 0 radical (unpaired) electrons. The number of hydrogen-bond donors (Lipinski definition) is 0. The molecule has 0 heterocycles.